The molecule has 2 fully saturated rings. The monoisotopic (exact) mass is 192 g/mol. The lowest BCUT2D eigenvalue weighted by atomic mass is 9.90. The van der Waals surface area contributed by atoms with Gasteiger partial charge in [0, 0.05) is 12.4 Å². The van der Waals surface area contributed by atoms with Crippen LogP contribution in [0.1, 0.15) is 25.7 Å². The van der Waals surface area contributed by atoms with Gasteiger partial charge in [-0.15, -0.1) is 0 Å². The minimum atomic E-state index is -0.266. The zero-order chi connectivity index (χ0) is 9.38. The smallest absolute Gasteiger partial charge is 0.400 e. The van der Waals surface area contributed by atoms with E-state index in [4.69, 9.17) is 9.31 Å². The van der Waals surface area contributed by atoms with Crippen molar-refractivity contribution in [3.8, 4) is 0 Å². The van der Waals surface area contributed by atoms with Crippen LogP contribution >= 0.6 is 0 Å². The van der Waals surface area contributed by atoms with Gasteiger partial charge in [0.15, 0.2) is 0 Å². The highest BCUT2D eigenvalue weighted by Gasteiger charge is 2.43. The van der Waals surface area contributed by atoms with Gasteiger partial charge < -0.3 is 14.3 Å². The van der Waals surface area contributed by atoms with Crippen LogP contribution in [0.5, 0.6) is 0 Å². The second-order valence-electron chi connectivity index (χ2n) is 3.94. The van der Waals surface area contributed by atoms with Crippen LogP contribution in [0.15, 0.2) is 12.4 Å². The first-order valence-electron chi connectivity index (χ1n) is 5.24. The van der Waals surface area contributed by atoms with Crippen molar-refractivity contribution in [2.75, 3.05) is 0 Å². The van der Waals surface area contributed by atoms with Gasteiger partial charge in [0.2, 0.25) is 0 Å². The molecule has 0 radical (unpaired) electrons. The van der Waals surface area contributed by atoms with E-state index in [0.29, 0.717) is 12.2 Å². The summed E-state index contributed by atoms with van der Waals surface area (Å²) < 4.78 is 11.6. The molecule has 1 aromatic rings. The van der Waals surface area contributed by atoms with Crippen molar-refractivity contribution in [2.24, 2.45) is 0 Å². The number of aromatic nitrogens is 2. The van der Waals surface area contributed by atoms with E-state index in [1.54, 1.807) is 12.4 Å². The van der Waals surface area contributed by atoms with Gasteiger partial charge in [-0.3, -0.25) is 0 Å². The molecule has 5 heteroatoms. The fourth-order valence-electron chi connectivity index (χ4n) is 2.26. The summed E-state index contributed by atoms with van der Waals surface area (Å²) in [4.78, 5) is 7.18. The zero-order valence-electron chi connectivity index (χ0n) is 7.98. The molecule has 1 unspecified atom stereocenters. The summed E-state index contributed by atoms with van der Waals surface area (Å²) in [5, 5.41) is 0. The van der Waals surface area contributed by atoms with E-state index in [0.717, 1.165) is 18.6 Å². The zero-order valence-corrected chi connectivity index (χ0v) is 7.98. The third-order valence-corrected chi connectivity index (χ3v) is 2.98. The first-order chi connectivity index (χ1) is 6.93. The summed E-state index contributed by atoms with van der Waals surface area (Å²) in [6.45, 7) is 0. The van der Waals surface area contributed by atoms with Crippen LogP contribution in [0.3, 0.4) is 0 Å². The SMILES string of the molecule is c1c[nH]c(B2OC3CCCC[C@H]3O2)n1. The number of nitrogens with zero attached hydrogens (tertiary/aromatic N) is 1. The third-order valence-electron chi connectivity index (χ3n) is 2.98. The molecule has 4 nitrogen and oxygen atoms in total. The first kappa shape index (κ1) is 8.50. The Morgan fingerprint density at radius 2 is 2.00 bits per heavy atom. The Labute approximate surface area is 83.2 Å². The van der Waals surface area contributed by atoms with Crippen molar-refractivity contribution >= 4 is 12.8 Å². The van der Waals surface area contributed by atoms with E-state index >= 15 is 0 Å². The van der Waals surface area contributed by atoms with Crippen LogP contribution in [0.4, 0.5) is 0 Å². The first-order valence-corrected chi connectivity index (χ1v) is 5.24. The van der Waals surface area contributed by atoms with Crippen LogP contribution in [0.2, 0.25) is 0 Å². The highest BCUT2D eigenvalue weighted by atomic mass is 16.7. The van der Waals surface area contributed by atoms with Gasteiger partial charge in [0.05, 0.1) is 12.2 Å². The normalized spacial score (nSPS) is 31.9. The van der Waals surface area contributed by atoms with Crippen molar-refractivity contribution in [3.63, 3.8) is 0 Å². The molecule has 1 N–H and O–H groups in total. The van der Waals surface area contributed by atoms with Gasteiger partial charge in [-0.1, -0.05) is 12.8 Å². The van der Waals surface area contributed by atoms with Crippen molar-refractivity contribution in [3.05, 3.63) is 12.4 Å². The lowest BCUT2D eigenvalue weighted by Gasteiger charge is -2.22. The molecule has 1 aromatic heterocycles. The molecule has 2 heterocycles. The number of aromatic amines is 1. The molecule has 3 rings (SSSR count). The summed E-state index contributed by atoms with van der Waals surface area (Å²) >= 11 is 0. The lowest BCUT2D eigenvalue weighted by molar-refractivity contribution is 0.110. The van der Waals surface area contributed by atoms with Gasteiger partial charge in [0.25, 0.3) is 0 Å². The predicted octanol–water partition coefficient (Wildman–Crippen LogP) is 0.463. The Hall–Kier alpha value is -0.805. The number of nitrogens with one attached hydrogen (secondary N) is 1. The molecule has 1 aliphatic carbocycles. The van der Waals surface area contributed by atoms with Crippen LogP contribution in [0, 0.1) is 0 Å². The van der Waals surface area contributed by atoms with Crippen molar-refractivity contribution < 1.29 is 9.31 Å². The maximum Gasteiger partial charge on any atom is 0.532 e. The van der Waals surface area contributed by atoms with Crippen LogP contribution in [-0.2, 0) is 9.31 Å². The molecule has 2 aliphatic rings. The molecule has 14 heavy (non-hydrogen) atoms. The Bertz CT molecular complexity index is 290. The quantitative estimate of drug-likeness (QED) is 0.657. The van der Waals surface area contributed by atoms with Gasteiger partial charge in [0.1, 0.15) is 5.72 Å². The topological polar surface area (TPSA) is 47.1 Å². The minimum Gasteiger partial charge on any atom is -0.400 e. The van der Waals surface area contributed by atoms with E-state index in [9.17, 15) is 0 Å². The fraction of sp³-hybridized carbons (Fsp3) is 0.667. The van der Waals surface area contributed by atoms with E-state index < -0.39 is 0 Å². The number of hydrogen-bond acceptors (Lipinski definition) is 3. The highest BCUT2D eigenvalue weighted by Crippen LogP contribution is 2.29. The van der Waals surface area contributed by atoms with E-state index in [-0.39, 0.29) is 7.12 Å². The summed E-state index contributed by atoms with van der Waals surface area (Å²) in [5.74, 6) is 0. The molecule has 0 amide bonds. The lowest BCUT2D eigenvalue weighted by Crippen LogP contribution is -2.35. The average Bonchev–Trinajstić information content (AvgIpc) is 2.86. The average molecular weight is 192 g/mol. The molecule has 0 spiro atoms. The third kappa shape index (κ3) is 1.37. The van der Waals surface area contributed by atoms with Crippen molar-refractivity contribution in [1.82, 2.24) is 9.97 Å². The van der Waals surface area contributed by atoms with Gasteiger partial charge in [-0.25, -0.2) is 4.98 Å². The molecule has 74 valence electrons. The minimum absolute atomic E-state index is 0.266. The maximum atomic E-state index is 5.79. The van der Waals surface area contributed by atoms with Crippen LogP contribution in [0.25, 0.3) is 0 Å². The molecule has 1 saturated carbocycles. The molecular formula is C9H13BN2O2. The van der Waals surface area contributed by atoms with Crippen LogP contribution < -0.4 is 5.72 Å². The van der Waals surface area contributed by atoms with Crippen molar-refractivity contribution in [1.29, 1.82) is 0 Å². The summed E-state index contributed by atoms with van der Waals surface area (Å²) in [5.41, 5.74) is 0.791. The Balaban J connectivity index is 1.74. The standard InChI is InChI=1S/C9H13BN2O2/c1-2-4-8-7(3-1)13-10(14-8)9-11-5-6-12-9/h5-8H,1-4H2,(H,11,12)/t7-,8?/m1/s1. The molecule has 0 aromatic carbocycles. The van der Waals surface area contributed by atoms with Crippen molar-refractivity contribution in [2.45, 2.75) is 37.9 Å². The van der Waals surface area contributed by atoms with Gasteiger partial charge in [-0.05, 0) is 12.8 Å². The predicted molar refractivity (Wildman–Crippen MR) is 52.2 cm³/mol. The van der Waals surface area contributed by atoms with Gasteiger partial charge >= 0.3 is 7.12 Å². The number of rotatable bonds is 1. The summed E-state index contributed by atoms with van der Waals surface area (Å²) in [6, 6.07) is 0. The number of imidazole rings is 1. The Morgan fingerprint density at radius 1 is 1.29 bits per heavy atom. The fourth-order valence-corrected chi connectivity index (χ4v) is 2.26. The molecule has 1 saturated heterocycles. The van der Waals surface area contributed by atoms with Gasteiger partial charge in [-0.2, -0.15) is 0 Å². The molecule has 1 aliphatic heterocycles. The Morgan fingerprint density at radius 3 is 2.57 bits per heavy atom. The summed E-state index contributed by atoms with van der Waals surface area (Å²) in [7, 11) is -0.266. The number of fused-ring (bicyclic) bond motifs is 1. The molecular weight excluding hydrogens is 179 g/mol. The van der Waals surface area contributed by atoms with E-state index in [2.05, 4.69) is 9.97 Å². The summed E-state index contributed by atoms with van der Waals surface area (Å²) in [6.07, 6.45) is 8.88. The Kier molecular flexibility index (Phi) is 2.07. The second-order valence-corrected chi connectivity index (χ2v) is 3.94. The molecule has 0 bridgehead atoms. The highest BCUT2D eigenvalue weighted by molar-refractivity contribution is 6.59. The number of H-pyrrole nitrogens is 1. The number of hydrogen-bond donors (Lipinski definition) is 1. The second kappa shape index (κ2) is 3.40. The largest absolute Gasteiger partial charge is 0.532 e. The molecule has 2 atom stereocenters. The van der Waals surface area contributed by atoms with E-state index in [1.165, 1.54) is 12.8 Å². The maximum absolute atomic E-state index is 5.79. The van der Waals surface area contributed by atoms with Crippen LogP contribution in [-0.4, -0.2) is 29.3 Å². The van der Waals surface area contributed by atoms with E-state index in [1.807, 2.05) is 0 Å².